The Morgan fingerprint density at radius 1 is 0.852 bits per heavy atom. The van der Waals surface area contributed by atoms with Crippen LogP contribution in [0.4, 0.5) is 0 Å². The summed E-state index contributed by atoms with van der Waals surface area (Å²) in [6.45, 7) is 4.76. The minimum absolute atomic E-state index is 0.295. The second-order valence-electron chi connectivity index (χ2n) is 8.46. The van der Waals surface area contributed by atoms with Crippen LogP contribution in [0.15, 0.2) is 60.7 Å². The van der Waals surface area contributed by atoms with Gasteiger partial charge in [0.2, 0.25) is 0 Å². The molecule has 2 aliphatic carbocycles. The van der Waals surface area contributed by atoms with E-state index in [1.807, 2.05) is 0 Å². The average Bonchev–Trinajstić information content (AvgIpc) is 3.27. The predicted molar refractivity (Wildman–Crippen MR) is 121 cm³/mol. The summed E-state index contributed by atoms with van der Waals surface area (Å²) in [6, 6.07) is 17.4. The van der Waals surface area contributed by atoms with E-state index in [0.717, 1.165) is 17.0 Å². The van der Waals surface area contributed by atoms with Crippen LogP contribution in [0.1, 0.15) is 44.6 Å². The van der Waals surface area contributed by atoms with E-state index in [9.17, 15) is 0 Å². The molecule has 4 heteroatoms. The number of allylic oxidation sites excluding steroid dienone is 2. The third-order valence-electron chi connectivity index (χ3n) is 6.69. The van der Waals surface area contributed by atoms with Crippen molar-refractivity contribution in [1.29, 1.82) is 0 Å². The van der Waals surface area contributed by atoms with Gasteiger partial charge in [0.05, 0.1) is 0 Å². The standard InChI is InChI=1S/C12H13.C9H7.C2H7Si.2ClH.Zr/c1-2-5-10-8-9-11-6-3-4-7-12(10)11;1-2-5-9-7-3-6-8(9)4-1;1-3-2;;;/h3-4,6-10H,1-2,5H2;1-7H;3H,1-2H3;2*1H;/q;;;;;+2/p-2. The molecule has 0 N–H and O–H groups in total. The molecule has 0 amide bonds. The first-order valence-electron chi connectivity index (χ1n) is 10.0. The molecule has 27 heavy (non-hydrogen) atoms. The summed E-state index contributed by atoms with van der Waals surface area (Å²) in [5, 5.41) is 0. The molecule has 0 spiro atoms. The van der Waals surface area contributed by atoms with Gasteiger partial charge in [0.15, 0.2) is 0 Å². The van der Waals surface area contributed by atoms with Gasteiger partial charge < -0.3 is 0 Å². The summed E-state index contributed by atoms with van der Waals surface area (Å²) in [5.74, 6) is -0.667. The van der Waals surface area contributed by atoms with E-state index in [-0.39, 0.29) is 0 Å². The van der Waals surface area contributed by atoms with E-state index >= 15 is 0 Å². The minimum atomic E-state index is -3.90. The Morgan fingerprint density at radius 2 is 1.44 bits per heavy atom. The van der Waals surface area contributed by atoms with Crippen LogP contribution in [0.3, 0.4) is 0 Å². The number of rotatable bonds is 6. The maximum absolute atomic E-state index is 7.62. The van der Waals surface area contributed by atoms with Gasteiger partial charge in [-0.25, -0.2) is 0 Å². The molecule has 2 aromatic rings. The molecule has 141 valence electrons. The molecule has 0 radical (unpaired) electrons. The van der Waals surface area contributed by atoms with Crippen molar-refractivity contribution >= 4 is 35.1 Å². The molecule has 4 rings (SSSR count). The zero-order valence-electron chi connectivity index (χ0n) is 16.0. The van der Waals surface area contributed by atoms with Crippen LogP contribution in [-0.4, -0.2) is 5.92 Å². The van der Waals surface area contributed by atoms with Gasteiger partial charge in [-0.3, -0.25) is 0 Å². The molecule has 0 saturated heterocycles. The molecule has 0 nitrogen and oxygen atoms in total. The monoisotopic (exact) mass is 491 g/mol. The van der Waals surface area contributed by atoms with Gasteiger partial charge in [0, 0.05) is 0 Å². The van der Waals surface area contributed by atoms with Crippen molar-refractivity contribution in [2.24, 2.45) is 0 Å². The van der Waals surface area contributed by atoms with Crippen molar-refractivity contribution in [2.75, 3.05) is 0 Å². The fourth-order valence-corrected chi connectivity index (χ4v) is 28.7. The first kappa shape index (κ1) is 19.9. The molecule has 2 aromatic carbocycles. The topological polar surface area (TPSA) is 0 Å². The fraction of sp³-hybridized carbons (Fsp3) is 0.304. The summed E-state index contributed by atoms with van der Waals surface area (Å²) in [6.07, 6.45) is 11.5. The number of fused-ring (bicyclic) bond motifs is 2. The SMILES string of the molecule is C[SiH](C)[Zr]([Cl])([Cl])([CH2]CCC1C=Cc2ccccc21)[CH]1C=Cc2ccccc21. The zero-order valence-corrected chi connectivity index (χ0v) is 21.2. The van der Waals surface area contributed by atoms with E-state index in [0.29, 0.717) is 9.54 Å². The van der Waals surface area contributed by atoms with Crippen LogP contribution in [0.2, 0.25) is 17.2 Å². The summed E-state index contributed by atoms with van der Waals surface area (Å²) in [4.78, 5) is 0. The number of halogens is 2. The first-order chi connectivity index (χ1) is 12.9. The van der Waals surface area contributed by atoms with Crippen molar-refractivity contribution in [3.8, 4) is 0 Å². The van der Waals surface area contributed by atoms with Crippen LogP contribution in [0.25, 0.3) is 12.2 Å². The molecular formula is C23H27Cl2SiZr. The second-order valence-corrected chi connectivity index (χ2v) is 52.5. The quantitative estimate of drug-likeness (QED) is 0.361. The zero-order chi connectivity index (χ0) is 19.1. The molecule has 2 unspecified atom stereocenters. The third kappa shape index (κ3) is 3.52. The molecular weight excluding hydrogens is 466 g/mol. The Balaban J connectivity index is 1.53. The summed E-state index contributed by atoms with van der Waals surface area (Å²) < 4.78 is 1.34. The molecule has 2 atom stereocenters. The van der Waals surface area contributed by atoms with Crippen molar-refractivity contribution in [3.63, 3.8) is 0 Å². The van der Waals surface area contributed by atoms with Gasteiger partial charge in [0.1, 0.15) is 0 Å². The Kier molecular flexibility index (Phi) is 5.49. The molecule has 0 aliphatic heterocycles. The number of hydrogen-bond donors (Lipinski definition) is 0. The van der Waals surface area contributed by atoms with E-state index in [1.165, 1.54) is 22.3 Å². The van der Waals surface area contributed by atoms with Crippen molar-refractivity contribution in [3.05, 3.63) is 82.9 Å². The Bertz CT molecular complexity index is 916. The molecule has 0 fully saturated rings. The molecule has 0 saturated carbocycles. The van der Waals surface area contributed by atoms with E-state index in [2.05, 4.69) is 85.9 Å². The van der Waals surface area contributed by atoms with Crippen LogP contribution in [0, 0.1) is 0 Å². The van der Waals surface area contributed by atoms with Gasteiger partial charge in [-0.2, -0.15) is 0 Å². The molecule has 0 heterocycles. The molecule has 0 aromatic heterocycles. The Morgan fingerprint density at radius 3 is 2.15 bits per heavy atom. The number of hydrogen-bond acceptors (Lipinski definition) is 0. The van der Waals surface area contributed by atoms with Crippen LogP contribution >= 0.6 is 17.0 Å². The van der Waals surface area contributed by atoms with Gasteiger partial charge in [-0.15, -0.1) is 0 Å². The first-order valence-corrected chi connectivity index (χ1v) is 26.6. The third-order valence-corrected chi connectivity index (χ3v) is 58.3. The van der Waals surface area contributed by atoms with Gasteiger partial charge in [0.25, 0.3) is 0 Å². The van der Waals surface area contributed by atoms with Crippen molar-refractivity contribution in [1.82, 2.24) is 0 Å². The molecule has 2 aliphatic rings. The van der Waals surface area contributed by atoms with Gasteiger partial charge in [-0.1, -0.05) is 0 Å². The van der Waals surface area contributed by atoms with E-state index in [1.54, 1.807) is 0 Å². The van der Waals surface area contributed by atoms with E-state index < -0.39 is 21.5 Å². The van der Waals surface area contributed by atoms with Crippen LogP contribution < -0.4 is 0 Å². The predicted octanol–water partition coefficient (Wildman–Crippen LogP) is 7.74. The van der Waals surface area contributed by atoms with Crippen molar-refractivity contribution in [2.45, 2.75) is 39.6 Å². The van der Waals surface area contributed by atoms with Crippen LogP contribution in [-0.2, 0) is 15.6 Å². The Hall–Kier alpha value is -0.400. The summed E-state index contributed by atoms with van der Waals surface area (Å²) >= 11 is -3.90. The summed E-state index contributed by atoms with van der Waals surface area (Å²) in [5.41, 5.74) is 5.52. The van der Waals surface area contributed by atoms with Crippen molar-refractivity contribution < 1.29 is 15.6 Å². The summed E-state index contributed by atoms with van der Waals surface area (Å²) in [7, 11) is 15.2. The normalized spacial score (nSPS) is 21.9. The van der Waals surface area contributed by atoms with Gasteiger partial charge in [-0.05, 0) is 0 Å². The average molecular weight is 494 g/mol. The Labute approximate surface area is 172 Å². The second kappa shape index (κ2) is 7.45. The van der Waals surface area contributed by atoms with Gasteiger partial charge >= 0.3 is 173 Å². The number of benzene rings is 2. The van der Waals surface area contributed by atoms with Crippen LogP contribution in [0.5, 0.6) is 0 Å². The fourth-order valence-electron chi connectivity index (χ4n) is 4.80. The molecule has 0 bridgehead atoms. The maximum atomic E-state index is 7.62. The van der Waals surface area contributed by atoms with E-state index in [4.69, 9.17) is 17.0 Å².